The zero-order valence-electron chi connectivity index (χ0n) is 15.1. The SMILES string of the molecule is Cc1ccc2nc(C34CC(B5OC(C)(C)C(C)(C)O5)(C3)C4)oc2c1. The monoisotopic (exact) mass is 325 g/mol. The first kappa shape index (κ1) is 15.0. The fourth-order valence-corrected chi connectivity index (χ4v) is 4.70. The van der Waals surface area contributed by atoms with Crippen molar-refractivity contribution < 1.29 is 13.7 Å². The summed E-state index contributed by atoms with van der Waals surface area (Å²) >= 11 is 0. The quantitative estimate of drug-likeness (QED) is 0.768. The predicted molar refractivity (Wildman–Crippen MR) is 93.1 cm³/mol. The molecule has 0 radical (unpaired) electrons. The van der Waals surface area contributed by atoms with E-state index in [0.717, 1.165) is 36.3 Å². The van der Waals surface area contributed by atoms with Gasteiger partial charge in [-0.1, -0.05) is 6.07 Å². The smallest absolute Gasteiger partial charge is 0.440 e. The molecular weight excluding hydrogens is 301 g/mol. The molecule has 3 saturated carbocycles. The van der Waals surface area contributed by atoms with Gasteiger partial charge in [0.25, 0.3) is 0 Å². The summed E-state index contributed by atoms with van der Waals surface area (Å²) in [6, 6.07) is 6.21. The Morgan fingerprint density at radius 1 is 1.00 bits per heavy atom. The van der Waals surface area contributed by atoms with E-state index in [1.54, 1.807) is 0 Å². The van der Waals surface area contributed by atoms with E-state index in [2.05, 4.69) is 46.8 Å². The molecule has 2 aromatic rings. The Kier molecular flexibility index (Phi) is 2.54. The topological polar surface area (TPSA) is 44.5 Å². The van der Waals surface area contributed by atoms with E-state index in [0.29, 0.717) is 0 Å². The van der Waals surface area contributed by atoms with E-state index in [4.69, 9.17) is 18.7 Å². The maximum atomic E-state index is 6.29. The van der Waals surface area contributed by atoms with Crippen LogP contribution in [0.4, 0.5) is 0 Å². The number of nitrogens with zero attached hydrogens (tertiary/aromatic N) is 1. The van der Waals surface area contributed by atoms with E-state index in [1.807, 2.05) is 6.07 Å². The van der Waals surface area contributed by atoms with Gasteiger partial charge in [-0.15, -0.1) is 0 Å². The molecule has 1 aliphatic heterocycles. The minimum absolute atomic E-state index is 0.101. The second kappa shape index (κ2) is 4.08. The van der Waals surface area contributed by atoms with Crippen LogP contribution in [0.5, 0.6) is 0 Å². The Balaban J connectivity index is 1.38. The lowest BCUT2D eigenvalue weighted by atomic mass is 9.24. The van der Waals surface area contributed by atoms with Crippen LogP contribution < -0.4 is 0 Å². The Hall–Kier alpha value is -1.33. The molecule has 0 atom stereocenters. The normalized spacial score (nSPS) is 35.8. The fourth-order valence-electron chi connectivity index (χ4n) is 4.70. The number of rotatable bonds is 2. The van der Waals surface area contributed by atoms with Crippen molar-refractivity contribution in [1.29, 1.82) is 0 Å². The van der Waals surface area contributed by atoms with Gasteiger partial charge < -0.3 is 13.7 Å². The van der Waals surface area contributed by atoms with Gasteiger partial charge in [0.05, 0.1) is 11.2 Å². The van der Waals surface area contributed by atoms with Gasteiger partial charge in [-0.05, 0) is 71.6 Å². The Morgan fingerprint density at radius 2 is 1.62 bits per heavy atom. The van der Waals surface area contributed by atoms with Crippen molar-refractivity contribution in [1.82, 2.24) is 4.98 Å². The van der Waals surface area contributed by atoms with Crippen LogP contribution in [0.2, 0.25) is 5.31 Å². The molecule has 2 heterocycles. The predicted octanol–water partition coefficient (Wildman–Crippen LogP) is 4.40. The molecule has 0 N–H and O–H groups in total. The maximum absolute atomic E-state index is 6.29. The first-order valence-corrected chi connectivity index (χ1v) is 8.88. The van der Waals surface area contributed by atoms with Gasteiger partial charge in [-0.25, -0.2) is 4.98 Å². The zero-order chi connectivity index (χ0) is 17.0. The Bertz CT molecular complexity index is 818. The van der Waals surface area contributed by atoms with Gasteiger partial charge in [-0.2, -0.15) is 0 Å². The second-order valence-electron chi connectivity index (χ2n) is 9.25. The van der Waals surface area contributed by atoms with Gasteiger partial charge in [0, 0.05) is 10.7 Å². The Morgan fingerprint density at radius 3 is 2.25 bits per heavy atom. The van der Waals surface area contributed by atoms with Crippen molar-refractivity contribution in [3.05, 3.63) is 29.7 Å². The minimum atomic E-state index is -0.255. The third-order valence-corrected chi connectivity index (χ3v) is 6.82. The summed E-state index contributed by atoms with van der Waals surface area (Å²) in [5, 5.41) is 0.154. The lowest BCUT2D eigenvalue weighted by Crippen LogP contribution is -2.66. The van der Waals surface area contributed by atoms with Crippen LogP contribution in [0, 0.1) is 6.92 Å². The zero-order valence-corrected chi connectivity index (χ0v) is 15.1. The number of hydrogen-bond donors (Lipinski definition) is 0. The van der Waals surface area contributed by atoms with Crippen molar-refractivity contribution >= 4 is 18.2 Å². The van der Waals surface area contributed by atoms with Crippen molar-refractivity contribution in [2.75, 3.05) is 0 Å². The molecule has 1 aromatic carbocycles. The van der Waals surface area contributed by atoms with Crippen LogP contribution in [0.1, 0.15) is 58.4 Å². The van der Waals surface area contributed by atoms with Crippen molar-refractivity contribution in [2.45, 2.75) is 75.8 Å². The Labute approximate surface area is 143 Å². The summed E-state index contributed by atoms with van der Waals surface area (Å²) in [4.78, 5) is 4.75. The number of benzene rings is 1. The summed E-state index contributed by atoms with van der Waals surface area (Å²) in [5.74, 6) is 0.904. The highest BCUT2D eigenvalue weighted by Gasteiger charge is 2.78. The highest BCUT2D eigenvalue weighted by Crippen LogP contribution is 2.80. The van der Waals surface area contributed by atoms with Gasteiger partial charge in [0.2, 0.25) is 5.89 Å². The number of aryl methyl sites for hydroxylation is 1. The van der Waals surface area contributed by atoms with Gasteiger partial charge in [-0.3, -0.25) is 0 Å². The molecule has 2 bridgehead atoms. The third kappa shape index (κ3) is 1.70. The van der Waals surface area contributed by atoms with Crippen molar-refractivity contribution in [3.63, 3.8) is 0 Å². The summed E-state index contributed by atoms with van der Waals surface area (Å²) < 4.78 is 18.7. The molecule has 1 aromatic heterocycles. The highest BCUT2D eigenvalue weighted by molar-refractivity contribution is 6.51. The van der Waals surface area contributed by atoms with Crippen molar-refractivity contribution in [3.8, 4) is 0 Å². The van der Waals surface area contributed by atoms with Crippen LogP contribution in [-0.2, 0) is 14.7 Å². The largest absolute Gasteiger partial charge is 0.464 e. The van der Waals surface area contributed by atoms with E-state index >= 15 is 0 Å². The number of fused-ring (bicyclic) bond motifs is 1. The molecule has 4 aliphatic rings. The van der Waals surface area contributed by atoms with Gasteiger partial charge >= 0.3 is 7.12 Å². The van der Waals surface area contributed by atoms with Crippen LogP contribution in [0.3, 0.4) is 0 Å². The van der Waals surface area contributed by atoms with Crippen LogP contribution in [-0.4, -0.2) is 23.3 Å². The number of oxazole rings is 1. The van der Waals surface area contributed by atoms with Gasteiger partial charge in [0.1, 0.15) is 5.52 Å². The number of hydrogen-bond acceptors (Lipinski definition) is 4. The molecule has 1 saturated heterocycles. The summed E-state index contributed by atoms with van der Waals surface area (Å²) in [6.07, 6.45) is 3.17. The van der Waals surface area contributed by atoms with Crippen LogP contribution >= 0.6 is 0 Å². The van der Waals surface area contributed by atoms with E-state index in [1.165, 1.54) is 5.56 Å². The molecule has 24 heavy (non-hydrogen) atoms. The molecule has 4 fully saturated rings. The number of aromatic nitrogens is 1. The molecule has 0 unspecified atom stereocenters. The lowest BCUT2D eigenvalue weighted by Gasteiger charge is -2.69. The van der Waals surface area contributed by atoms with Crippen LogP contribution in [0.15, 0.2) is 22.6 Å². The molecule has 0 spiro atoms. The van der Waals surface area contributed by atoms with E-state index in [9.17, 15) is 0 Å². The molecular formula is C19H24BNO3. The minimum Gasteiger partial charge on any atom is -0.440 e. The average molecular weight is 325 g/mol. The first-order chi connectivity index (χ1) is 11.1. The maximum Gasteiger partial charge on any atom is 0.464 e. The molecule has 5 heteroatoms. The molecule has 3 aliphatic carbocycles. The molecule has 4 nitrogen and oxygen atoms in total. The van der Waals surface area contributed by atoms with Crippen molar-refractivity contribution in [2.24, 2.45) is 0 Å². The van der Waals surface area contributed by atoms with E-state index < -0.39 is 0 Å². The third-order valence-electron chi connectivity index (χ3n) is 6.82. The standard InChI is InChI=1S/C19H24BNO3/c1-12-6-7-13-14(8-12)22-15(21-13)18-9-19(10-18,11-18)20-23-16(2,3)17(4,5)24-20/h6-8H,9-11H2,1-5H3. The van der Waals surface area contributed by atoms with Crippen LogP contribution in [0.25, 0.3) is 11.1 Å². The molecule has 6 rings (SSSR count). The lowest BCUT2D eigenvalue weighted by molar-refractivity contribution is -0.0554. The molecule has 126 valence electrons. The average Bonchev–Trinajstić information content (AvgIpc) is 2.85. The second-order valence-corrected chi connectivity index (χ2v) is 9.25. The fraction of sp³-hybridized carbons (Fsp3) is 0.632. The van der Waals surface area contributed by atoms with Gasteiger partial charge in [0.15, 0.2) is 5.58 Å². The first-order valence-electron chi connectivity index (χ1n) is 8.88. The summed E-state index contributed by atoms with van der Waals surface area (Å²) in [6.45, 7) is 10.6. The highest BCUT2D eigenvalue weighted by atomic mass is 16.7. The van der Waals surface area contributed by atoms with E-state index in [-0.39, 0.29) is 29.0 Å². The summed E-state index contributed by atoms with van der Waals surface area (Å²) in [7, 11) is -0.101. The molecule has 0 amide bonds. The summed E-state index contributed by atoms with van der Waals surface area (Å²) in [5.41, 5.74) is 2.67.